The molecule has 10 heteroatoms. The molecule has 2 aliphatic rings. The summed E-state index contributed by atoms with van der Waals surface area (Å²) in [6, 6.07) is 5.86. The minimum Gasteiger partial charge on any atom is -0.362 e. The van der Waals surface area contributed by atoms with Crippen LogP contribution in [0.25, 0.3) is 11.3 Å². The van der Waals surface area contributed by atoms with Gasteiger partial charge in [0.25, 0.3) is 0 Å². The smallest absolute Gasteiger partial charge is 0.362 e. The highest BCUT2D eigenvalue weighted by atomic mass is 19.4. The first-order valence-corrected chi connectivity index (χ1v) is 13.0. The molecule has 2 aromatic heterocycles. The summed E-state index contributed by atoms with van der Waals surface area (Å²) in [5.41, 5.74) is 4.12. The van der Waals surface area contributed by atoms with Crippen LogP contribution in [0.15, 0.2) is 30.5 Å². The first kappa shape index (κ1) is 25.5. The molecule has 1 fully saturated rings. The van der Waals surface area contributed by atoms with Crippen LogP contribution >= 0.6 is 0 Å². The highest BCUT2D eigenvalue weighted by Gasteiger charge is 2.30. The molecule has 7 nitrogen and oxygen atoms in total. The van der Waals surface area contributed by atoms with Gasteiger partial charge in [0, 0.05) is 55.6 Å². The minimum absolute atomic E-state index is 0.339. The Morgan fingerprint density at radius 2 is 1.68 bits per heavy atom. The van der Waals surface area contributed by atoms with Crippen molar-refractivity contribution >= 4 is 11.8 Å². The lowest BCUT2D eigenvalue weighted by Gasteiger charge is -2.30. The van der Waals surface area contributed by atoms with E-state index in [9.17, 15) is 13.2 Å². The zero-order chi connectivity index (χ0) is 26.0. The molecule has 0 aliphatic heterocycles. The molecule has 1 saturated carbocycles. The van der Waals surface area contributed by atoms with Crippen LogP contribution in [0.4, 0.5) is 24.9 Å². The summed E-state index contributed by atoms with van der Waals surface area (Å²) < 4.78 is 38.7. The van der Waals surface area contributed by atoms with Crippen molar-refractivity contribution in [3.63, 3.8) is 0 Å². The number of aromatic nitrogens is 4. The second kappa shape index (κ2) is 10.7. The summed E-state index contributed by atoms with van der Waals surface area (Å²) in [6.07, 6.45) is 6.01. The van der Waals surface area contributed by atoms with Crippen molar-refractivity contribution in [2.75, 3.05) is 24.3 Å². The molecule has 3 N–H and O–H groups in total. The lowest BCUT2D eigenvalue weighted by molar-refractivity contribution is -0.137. The van der Waals surface area contributed by atoms with Crippen LogP contribution in [0.2, 0.25) is 0 Å². The lowest BCUT2D eigenvalue weighted by atomic mass is 9.91. The first-order chi connectivity index (χ1) is 17.8. The number of benzene rings is 1. The van der Waals surface area contributed by atoms with Gasteiger partial charge in [-0.05, 0) is 63.5 Å². The van der Waals surface area contributed by atoms with Crippen LogP contribution in [-0.2, 0) is 25.6 Å². The van der Waals surface area contributed by atoms with Gasteiger partial charge in [0.1, 0.15) is 5.82 Å². The average molecular weight is 514 g/mol. The molecule has 5 rings (SSSR count). The Balaban J connectivity index is 1.15. The molecule has 0 bridgehead atoms. The van der Waals surface area contributed by atoms with Crippen molar-refractivity contribution in [3.05, 3.63) is 52.8 Å². The molecule has 0 atom stereocenters. The molecule has 3 aromatic rings. The second-order valence-electron chi connectivity index (χ2n) is 10.3. The molecule has 198 valence electrons. The molecule has 2 heterocycles. The number of aromatic amines is 1. The average Bonchev–Trinajstić information content (AvgIpc) is 3.36. The fourth-order valence-corrected chi connectivity index (χ4v) is 5.40. The monoisotopic (exact) mass is 513 g/mol. The maximum Gasteiger partial charge on any atom is 0.416 e. The number of alkyl halides is 3. The standard InChI is InChI=1S/C27H34F3N7/c1-37(2)25-22-5-3-4-6-23(22)34-26(35-25)33-21-13-11-20(12-14-21)31-15-18-16-32-36-24(18)17-7-9-19(10-8-17)27(28,29)30/h7-10,16,20-21,31H,3-6,11-15H2,1-2H3,(H,32,36)(H,33,34,35)/t20-,21+. The Labute approximate surface area is 215 Å². The number of hydrogen-bond donors (Lipinski definition) is 3. The van der Waals surface area contributed by atoms with Gasteiger partial charge >= 0.3 is 6.18 Å². The SMILES string of the molecule is CN(C)c1nc(N[C@H]2CC[C@@H](NCc3c[nH]nc3-c3ccc(C(F)(F)F)cc3)CC2)nc2c1CCCC2. The zero-order valence-electron chi connectivity index (χ0n) is 21.3. The number of halogens is 3. The third-order valence-electron chi connectivity index (χ3n) is 7.43. The van der Waals surface area contributed by atoms with E-state index in [0.717, 1.165) is 68.0 Å². The fourth-order valence-electron chi connectivity index (χ4n) is 5.40. The number of nitrogens with one attached hydrogen (secondary N) is 3. The lowest BCUT2D eigenvalue weighted by Crippen LogP contribution is -2.37. The van der Waals surface area contributed by atoms with Gasteiger partial charge in [-0.1, -0.05) is 12.1 Å². The highest BCUT2D eigenvalue weighted by molar-refractivity contribution is 5.63. The Kier molecular flexibility index (Phi) is 7.37. The molecule has 0 amide bonds. The molecule has 0 unspecified atom stereocenters. The van der Waals surface area contributed by atoms with Crippen LogP contribution in [0.3, 0.4) is 0 Å². The van der Waals surface area contributed by atoms with Gasteiger partial charge in [0.2, 0.25) is 5.95 Å². The molecular formula is C27H34F3N7. The summed E-state index contributed by atoms with van der Waals surface area (Å²) in [7, 11) is 4.09. The molecule has 0 radical (unpaired) electrons. The van der Waals surface area contributed by atoms with Crippen molar-refractivity contribution in [2.45, 2.75) is 76.2 Å². The van der Waals surface area contributed by atoms with E-state index >= 15 is 0 Å². The normalized spacial score (nSPS) is 19.9. The Hall–Kier alpha value is -3.14. The van der Waals surface area contributed by atoms with Crippen molar-refractivity contribution in [1.29, 1.82) is 0 Å². The topological polar surface area (TPSA) is 81.8 Å². The summed E-state index contributed by atoms with van der Waals surface area (Å²) in [6.45, 7) is 0.607. The van der Waals surface area contributed by atoms with Crippen LogP contribution < -0.4 is 15.5 Å². The van der Waals surface area contributed by atoms with Gasteiger partial charge in [-0.25, -0.2) is 4.98 Å². The molecule has 37 heavy (non-hydrogen) atoms. The molecule has 2 aliphatic carbocycles. The van der Waals surface area contributed by atoms with Gasteiger partial charge in [-0.2, -0.15) is 23.3 Å². The minimum atomic E-state index is -4.34. The van der Waals surface area contributed by atoms with E-state index in [2.05, 4.69) is 25.7 Å². The van der Waals surface area contributed by atoms with Crippen molar-refractivity contribution in [3.8, 4) is 11.3 Å². The second-order valence-corrected chi connectivity index (χ2v) is 10.3. The van der Waals surface area contributed by atoms with Crippen LogP contribution in [-0.4, -0.2) is 46.3 Å². The number of aryl methyl sites for hydroxylation is 1. The summed E-state index contributed by atoms with van der Waals surface area (Å²) >= 11 is 0. The number of rotatable bonds is 7. The van der Waals surface area contributed by atoms with Crippen LogP contribution in [0.5, 0.6) is 0 Å². The maximum absolute atomic E-state index is 12.9. The van der Waals surface area contributed by atoms with Crippen molar-refractivity contribution < 1.29 is 13.2 Å². The predicted octanol–water partition coefficient (Wildman–Crippen LogP) is 5.34. The third kappa shape index (κ3) is 5.89. The van der Waals surface area contributed by atoms with Crippen molar-refractivity contribution in [1.82, 2.24) is 25.5 Å². The number of fused-ring (bicyclic) bond motifs is 1. The predicted molar refractivity (Wildman–Crippen MR) is 139 cm³/mol. The fraction of sp³-hybridized carbons (Fsp3) is 0.519. The largest absolute Gasteiger partial charge is 0.416 e. The van der Waals surface area contributed by atoms with E-state index in [1.54, 1.807) is 0 Å². The van der Waals surface area contributed by atoms with E-state index in [4.69, 9.17) is 9.97 Å². The molecule has 0 spiro atoms. The third-order valence-corrected chi connectivity index (χ3v) is 7.43. The van der Waals surface area contributed by atoms with E-state index in [1.807, 2.05) is 20.3 Å². The summed E-state index contributed by atoms with van der Waals surface area (Å²) in [5, 5.41) is 14.3. The van der Waals surface area contributed by atoms with Crippen molar-refractivity contribution in [2.24, 2.45) is 0 Å². The molecule has 1 aromatic carbocycles. The van der Waals surface area contributed by atoms with E-state index in [1.165, 1.54) is 36.2 Å². The maximum atomic E-state index is 12.9. The van der Waals surface area contributed by atoms with Gasteiger partial charge in [0.15, 0.2) is 0 Å². The number of anilines is 2. The van der Waals surface area contributed by atoms with Crippen LogP contribution in [0, 0.1) is 0 Å². The number of hydrogen-bond acceptors (Lipinski definition) is 6. The highest BCUT2D eigenvalue weighted by Crippen LogP contribution is 2.32. The van der Waals surface area contributed by atoms with E-state index in [-0.39, 0.29) is 0 Å². The number of H-pyrrole nitrogens is 1. The molecular weight excluding hydrogens is 479 g/mol. The van der Waals surface area contributed by atoms with E-state index < -0.39 is 11.7 Å². The quantitative estimate of drug-likeness (QED) is 0.396. The van der Waals surface area contributed by atoms with Gasteiger partial charge in [-0.3, -0.25) is 5.10 Å². The Morgan fingerprint density at radius 3 is 2.38 bits per heavy atom. The summed E-state index contributed by atoms with van der Waals surface area (Å²) in [5.74, 6) is 1.77. The first-order valence-electron chi connectivity index (χ1n) is 13.0. The molecule has 0 saturated heterocycles. The number of nitrogens with zero attached hydrogens (tertiary/aromatic N) is 4. The van der Waals surface area contributed by atoms with Crippen LogP contribution in [0.1, 0.15) is 60.9 Å². The van der Waals surface area contributed by atoms with Gasteiger partial charge in [-0.15, -0.1) is 0 Å². The zero-order valence-corrected chi connectivity index (χ0v) is 21.3. The Bertz CT molecular complexity index is 1200. The van der Waals surface area contributed by atoms with Gasteiger partial charge < -0.3 is 15.5 Å². The summed E-state index contributed by atoms with van der Waals surface area (Å²) in [4.78, 5) is 11.8. The van der Waals surface area contributed by atoms with Gasteiger partial charge in [0.05, 0.1) is 17.0 Å². The Morgan fingerprint density at radius 1 is 0.973 bits per heavy atom. The van der Waals surface area contributed by atoms with E-state index in [0.29, 0.717) is 29.9 Å².